The first kappa shape index (κ1) is 19.9. The maximum absolute atomic E-state index is 12.6. The van der Waals surface area contributed by atoms with Crippen LogP contribution in [0.2, 0.25) is 0 Å². The number of carbonyl (C=O) groups excluding carboxylic acids is 1. The molecule has 1 aliphatic heterocycles. The minimum atomic E-state index is -2.35. The lowest BCUT2D eigenvalue weighted by Gasteiger charge is -2.12. The van der Waals surface area contributed by atoms with E-state index in [0.717, 1.165) is 27.8 Å². The molecule has 0 radical (unpaired) electrons. The van der Waals surface area contributed by atoms with E-state index < -0.39 is 6.43 Å². The highest BCUT2D eigenvalue weighted by Gasteiger charge is 2.21. The molecule has 8 heteroatoms. The van der Waals surface area contributed by atoms with Gasteiger partial charge in [0, 0.05) is 61.6 Å². The molecule has 0 bridgehead atoms. The number of halogens is 2. The van der Waals surface area contributed by atoms with E-state index in [0.29, 0.717) is 18.8 Å². The van der Waals surface area contributed by atoms with Crippen molar-refractivity contribution < 1.29 is 13.6 Å². The Morgan fingerprint density at radius 3 is 2.83 bits per heavy atom. The Kier molecular flexibility index (Phi) is 5.67. The van der Waals surface area contributed by atoms with Crippen LogP contribution in [0.15, 0.2) is 55.1 Å². The fourth-order valence-corrected chi connectivity index (χ4v) is 3.58. The average molecular weight is 409 g/mol. The number of alkyl halides is 2. The predicted molar refractivity (Wildman–Crippen MR) is 111 cm³/mol. The van der Waals surface area contributed by atoms with Crippen molar-refractivity contribution in [2.24, 2.45) is 7.05 Å². The zero-order valence-corrected chi connectivity index (χ0v) is 16.4. The van der Waals surface area contributed by atoms with E-state index >= 15 is 0 Å². The lowest BCUT2D eigenvalue weighted by Crippen LogP contribution is -2.22. The van der Waals surface area contributed by atoms with Gasteiger partial charge in [-0.2, -0.15) is 5.10 Å². The fraction of sp³-hybridized carbons (Fsp3) is 0.227. The van der Waals surface area contributed by atoms with E-state index in [4.69, 9.17) is 0 Å². The Balaban J connectivity index is 1.44. The van der Waals surface area contributed by atoms with E-state index in [-0.39, 0.29) is 12.5 Å². The monoisotopic (exact) mass is 409 g/mol. The van der Waals surface area contributed by atoms with Gasteiger partial charge in [0.25, 0.3) is 6.43 Å². The molecule has 30 heavy (non-hydrogen) atoms. The van der Waals surface area contributed by atoms with Crippen LogP contribution in [0.5, 0.6) is 0 Å². The minimum absolute atomic E-state index is 0.247. The minimum Gasteiger partial charge on any atom is -0.323 e. The summed E-state index contributed by atoms with van der Waals surface area (Å²) in [6.07, 6.45) is 7.85. The van der Waals surface area contributed by atoms with Crippen LogP contribution in [0.3, 0.4) is 0 Å². The first-order valence-electron chi connectivity index (χ1n) is 9.52. The Hall–Kier alpha value is -3.39. The molecular formula is C22H21F2N5O. The highest BCUT2D eigenvalue weighted by Crippen LogP contribution is 2.26. The maximum Gasteiger partial charge on any atom is 0.251 e. The second kappa shape index (κ2) is 8.54. The van der Waals surface area contributed by atoms with Gasteiger partial charge in [0.2, 0.25) is 5.91 Å². The number of aromatic nitrogens is 3. The number of fused-ring (bicyclic) bond motifs is 1. The molecule has 2 aromatic heterocycles. The molecule has 0 aliphatic carbocycles. The van der Waals surface area contributed by atoms with Gasteiger partial charge in [-0.25, -0.2) is 8.78 Å². The maximum atomic E-state index is 12.6. The molecule has 0 saturated carbocycles. The van der Waals surface area contributed by atoms with Crippen LogP contribution >= 0.6 is 0 Å². The molecule has 154 valence electrons. The zero-order valence-electron chi connectivity index (χ0n) is 16.4. The summed E-state index contributed by atoms with van der Waals surface area (Å²) >= 11 is 0. The molecule has 1 aromatic carbocycles. The quantitative estimate of drug-likeness (QED) is 0.631. The van der Waals surface area contributed by atoms with Crippen LogP contribution in [0.4, 0.5) is 14.5 Å². The van der Waals surface area contributed by atoms with Crippen LogP contribution in [0, 0.1) is 0 Å². The summed E-state index contributed by atoms with van der Waals surface area (Å²) in [5, 5.41) is 7.01. The Bertz CT molecular complexity index is 1090. The zero-order chi connectivity index (χ0) is 21.1. The highest BCUT2D eigenvalue weighted by atomic mass is 19.3. The molecule has 1 N–H and O–H groups in total. The number of aryl methyl sites for hydroxylation is 1. The van der Waals surface area contributed by atoms with Gasteiger partial charge >= 0.3 is 0 Å². The molecule has 0 atom stereocenters. The molecule has 0 fully saturated rings. The second-order valence-corrected chi connectivity index (χ2v) is 7.23. The van der Waals surface area contributed by atoms with E-state index in [9.17, 15) is 13.6 Å². The molecule has 6 nitrogen and oxygen atoms in total. The van der Waals surface area contributed by atoms with Crippen LogP contribution in [-0.4, -0.2) is 38.5 Å². The average Bonchev–Trinajstić information content (AvgIpc) is 3.31. The van der Waals surface area contributed by atoms with Crippen LogP contribution < -0.4 is 5.32 Å². The van der Waals surface area contributed by atoms with Gasteiger partial charge in [-0.15, -0.1) is 0 Å². The molecule has 0 spiro atoms. The van der Waals surface area contributed by atoms with Crippen molar-refractivity contribution in [3.63, 3.8) is 0 Å². The lowest BCUT2D eigenvalue weighted by molar-refractivity contribution is -0.111. The second-order valence-electron chi connectivity index (χ2n) is 7.23. The van der Waals surface area contributed by atoms with E-state index in [1.54, 1.807) is 40.3 Å². The highest BCUT2D eigenvalue weighted by molar-refractivity contribution is 6.02. The molecule has 3 aromatic rings. The van der Waals surface area contributed by atoms with Gasteiger partial charge in [-0.05, 0) is 41.0 Å². The van der Waals surface area contributed by atoms with Crippen molar-refractivity contribution in [2.75, 3.05) is 11.9 Å². The van der Waals surface area contributed by atoms with Gasteiger partial charge in [0.1, 0.15) is 0 Å². The third kappa shape index (κ3) is 4.60. The number of pyridine rings is 1. The van der Waals surface area contributed by atoms with Gasteiger partial charge in [-0.1, -0.05) is 6.07 Å². The number of anilines is 1. The molecule has 1 aliphatic rings. The number of hydrogen-bond acceptors (Lipinski definition) is 4. The summed E-state index contributed by atoms with van der Waals surface area (Å²) in [6, 6.07) is 7.39. The van der Waals surface area contributed by atoms with Crippen molar-refractivity contribution in [1.82, 2.24) is 19.7 Å². The van der Waals surface area contributed by atoms with Crippen molar-refractivity contribution in [3.05, 3.63) is 71.8 Å². The first-order chi connectivity index (χ1) is 14.5. The number of carbonyl (C=O) groups is 1. The molecule has 0 unspecified atom stereocenters. The summed E-state index contributed by atoms with van der Waals surface area (Å²) in [5.74, 6) is -0.279. The summed E-state index contributed by atoms with van der Waals surface area (Å²) in [4.78, 5) is 18.2. The van der Waals surface area contributed by atoms with Crippen molar-refractivity contribution >= 4 is 17.7 Å². The number of benzene rings is 1. The molecule has 3 heterocycles. The first-order valence-corrected chi connectivity index (χ1v) is 9.52. The Morgan fingerprint density at radius 2 is 2.07 bits per heavy atom. The summed E-state index contributed by atoms with van der Waals surface area (Å²) in [5.41, 5.74) is 5.29. The fourth-order valence-electron chi connectivity index (χ4n) is 3.58. The number of nitrogens with one attached hydrogen (secondary N) is 1. The lowest BCUT2D eigenvalue weighted by atomic mass is 10.0. The van der Waals surface area contributed by atoms with E-state index in [1.165, 1.54) is 6.08 Å². The molecule has 0 saturated heterocycles. The van der Waals surface area contributed by atoms with Crippen LogP contribution in [-0.2, 0) is 24.9 Å². The Morgan fingerprint density at radius 1 is 1.23 bits per heavy atom. The molecule has 1 amide bonds. The largest absolute Gasteiger partial charge is 0.323 e. The smallest absolute Gasteiger partial charge is 0.251 e. The van der Waals surface area contributed by atoms with Gasteiger partial charge in [0.05, 0.1) is 12.7 Å². The van der Waals surface area contributed by atoms with E-state index in [2.05, 4.69) is 15.4 Å². The number of rotatable bonds is 6. The van der Waals surface area contributed by atoms with Gasteiger partial charge in [-0.3, -0.25) is 19.4 Å². The molecule has 4 rings (SSSR count). The van der Waals surface area contributed by atoms with Crippen molar-refractivity contribution in [1.29, 1.82) is 0 Å². The number of nitrogens with zero attached hydrogens (tertiary/aromatic N) is 4. The van der Waals surface area contributed by atoms with Crippen molar-refractivity contribution in [3.8, 4) is 11.1 Å². The SMILES string of the molecule is Cn1cc(-c2ccncc2/C=C/C(=O)Nc2ccc3c(c2)CN(CC(F)F)C3)cn1. The summed E-state index contributed by atoms with van der Waals surface area (Å²) < 4.78 is 26.9. The number of hydrogen-bond donors (Lipinski definition) is 1. The predicted octanol–water partition coefficient (Wildman–Crippen LogP) is 3.71. The van der Waals surface area contributed by atoms with Crippen molar-refractivity contribution in [2.45, 2.75) is 19.5 Å². The Labute approximate surface area is 172 Å². The third-order valence-corrected chi connectivity index (χ3v) is 4.94. The van der Waals surface area contributed by atoms with Crippen LogP contribution in [0.25, 0.3) is 17.2 Å². The topological polar surface area (TPSA) is 63.1 Å². The van der Waals surface area contributed by atoms with E-state index in [1.807, 2.05) is 31.4 Å². The number of amides is 1. The molecular weight excluding hydrogens is 388 g/mol. The summed E-state index contributed by atoms with van der Waals surface area (Å²) in [7, 11) is 1.84. The normalized spacial score (nSPS) is 13.9. The van der Waals surface area contributed by atoms with Gasteiger partial charge < -0.3 is 5.32 Å². The van der Waals surface area contributed by atoms with Gasteiger partial charge in [0.15, 0.2) is 0 Å². The summed E-state index contributed by atoms with van der Waals surface area (Å²) in [6.45, 7) is 0.721. The third-order valence-electron chi connectivity index (χ3n) is 4.94. The van der Waals surface area contributed by atoms with Crippen LogP contribution in [0.1, 0.15) is 16.7 Å². The standard InChI is InChI=1S/C22H21F2N5O/c1-28-11-18(10-26-28)20-6-7-25-9-15(20)3-5-22(30)27-19-4-2-16-12-29(14-21(23)24)13-17(16)8-19/h2-11,21H,12-14H2,1H3,(H,27,30)/b5-3+.